The molecular formula is C15H21ClN2O2. The maximum atomic E-state index is 11.2. The van der Waals surface area contributed by atoms with Gasteiger partial charge in [0.25, 0.3) is 5.69 Å². The second-order valence-corrected chi connectivity index (χ2v) is 6.26. The third-order valence-electron chi connectivity index (χ3n) is 4.41. The fourth-order valence-corrected chi connectivity index (χ4v) is 3.36. The average molecular weight is 297 g/mol. The van der Waals surface area contributed by atoms with Gasteiger partial charge in [0.2, 0.25) is 0 Å². The van der Waals surface area contributed by atoms with Gasteiger partial charge in [-0.15, -0.1) is 0 Å². The second-order valence-electron chi connectivity index (χ2n) is 5.83. The topological polar surface area (TPSA) is 69.2 Å². The first kappa shape index (κ1) is 15.3. The van der Waals surface area contributed by atoms with E-state index in [1.54, 1.807) is 12.1 Å². The number of halogens is 1. The van der Waals surface area contributed by atoms with E-state index in [1.165, 1.54) is 31.7 Å². The molecule has 1 aliphatic rings. The van der Waals surface area contributed by atoms with Crippen molar-refractivity contribution in [2.75, 3.05) is 6.54 Å². The van der Waals surface area contributed by atoms with Crippen LogP contribution < -0.4 is 5.73 Å². The maximum Gasteiger partial charge on any atom is 0.274 e. The van der Waals surface area contributed by atoms with E-state index < -0.39 is 0 Å². The molecule has 2 rings (SSSR count). The SMILES string of the molecule is NCC1(Cc2ccc(Cl)cc2[N+](=O)[O-])CCCCCC1. The zero-order valence-electron chi connectivity index (χ0n) is 11.6. The van der Waals surface area contributed by atoms with Crippen LogP contribution in [0, 0.1) is 15.5 Å². The minimum atomic E-state index is -0.345. The highest BCUT2D eigenvalue weighted by Gasteiger charge is 2.32. The fraction of sp³-hybridized carbons (Fsp3) is 0.600. The molecule has 2 N–H and O–H groups in total. The molecular weight excluding hydrogens is 276 g/mol. The quantitative estimate of drug-likeness (QED) is 0.517. The van der Waals surface area contributed by atoms with Crippen molar-refractivity contribution in [2.45, 2.75) is 44.9 Å². The van der Waals surface area contributed by atoms with Crippen molar-refractivity contribution < 1.29 is 4.92 Å². The second kappa shape index (κ2) is 6.55. The third kappa shape index (κ3) is 3.49. The summed E-state index contributed by atoms with van der Waals surface area (Å²) in [5.41, 5.74) is 6.90. The van der Waals surface area contributed by atoms with Crippen molar-refractivity contribution in [1.29, 1.82) is 0 Å². The Bertz CT molecular complexity index is 483. The minimum absolute atomic E-state index is 0.00902. The Balaban J connectivity index is 2.29. The molecule has 0 saturated heterocycles. The predicted molar refractivity (Wildman–Crippen MR) is 81.0 cm³/mol. The summed E-state index contributed by atoms with van der Waals surface area (Å²) in [4.78, 5) is 10.8. The summed E-state index contributed by atoms with van der Waals surface area (Å²) in [7, 11) is 0. The lowest BCUT2D eigenvalue weighted by Crippen LogP contribution is -2.32. The van der Waals surface area contributed by atoms with Crippen LogP contribution in [0.5, 0.6) is 0 Å². The molecule has 0 aliphatic heterocycles. The average Bonchev–Trinajstić information content (AvgIpc) is 2.67. The van der Waals surface area contributed by atoms with Crippen LogP contribution in [0.2, 0.25) is 5.02 Å². The van der Waals surface area contributed by atoms with E-state index in [0.717, 1.165) is 18.4 Å². The molecule has 0 heterocycles. The van der Waals surface area contributed by atoms with Gasteiger partial charge in [0, 0.05) is 16.7 Å². The van der Waals surface area contributed by atoms with Crippen molar-refractivity contribution in [1.82, 2.24) is 0 Å². The molecule has 0 amide bonds. The van der Waals surface area contributed by atoms with E-state index in [2.05, 4.69) is 0 Å². The summed E-state index contributed by atoms with van der Waals surface area (Å²) in [6, 6.07) is 4.95. The van der Waals surface area contributed by atoms with Crippen molar-refractivity contribution in [3.8, 4) is 0 Å². The largest absolute Gasteiger partial charge is 0.330 e. The summed E-state index contributed by atoms with van der Waals surface area (Å²) in [6.07, 6.45) is 7.61. The summed E-state index contributed by atoms with van der Waals surface area (Å²) in [5, 5.41) is 11.6. The number of rotatable bonds is 4. The molecule has 1 saturated carbocycles. The first-order valence-electron chi connectivity index (χ1n) is 7.19. The number of benzene rings is 1. The van der Waals surface area contributed by atoms with Crippen molar-refractivity contribution in [2.24, 2.45) is 11.1 Å². The van der Waals surface area contributed by atoms with Gasteiger partial charge in [-0.2, -0.15) is 0 Å². The summed E-state index contributed by atoms with van der Waals surface area (Å²) >= 11 is 5.87. The zero-order valence-corrected chi connectivity index (χ0v) is 12.4. The maximum absolute atomic E-state index is 11.2. The monoisotopic (exact) mass is 296 g/mol. The number of hydrogen-bond acceptors (Lipinski definition) is 3. The Kier molecular flexibility index (Phi) is 5.00. The standard InChI is InChI=1S/C15H21ClN2O2/c16-13-6-5-12(14(9-13)18(19)20)10-15(11-17)7-3-1-2-4-8-15/h5-6,9H,1-4,7-8,10-11,17H2. The van der Waals surface area contributed by atoms with Gasteiger partial charge in [-0.1, -0.05) is 43.4 Å². The van der Waals surface area contributed by atoms with Crippen LogP contribution in [0.15, 0.2) is 18.2 Å². The molecule has 1 aromatic rings. The molecule has 4 nitrogen and oxygen atoms in total. The molecule has 0 unspecified atom stereocenters. The normalized spacial score (nSPS) is 18.5. The van der Waals surface area contributed by atoms with Crippen LogP contribution in [-0.2, 0) is 6.42 Å². The number of nitrogens with zero attached hydrogens (tertiary/aromatic N) is 1. The van der Waals surface area contributed by atoms with Crippen LogP contribution >= 0.6 is 11.6 Å². The van der Waals surface area contributed by atoms with Gasteiger partial charge >= 0.3 is 0 Å². The number of hydrogen-bond donors (Lipinski definition) is 1. The number of nitro benzene ring substituents is 1. The predicted octanol–water partition coefficient (Wildman–Crippen LogP) is 4.09. The van der Waals surface area contributed by atoms with E-state index >= 15 is 0 Å². The molecule has 0 radical (unpaired) electrons. The van der Waals surface area contributed by atoms with E-state index in [4.69, 9.17) is 17.3 Å². The highest BCUT2D eigenvalue weighted by Crippen LogP contribution is 2.39. The molecule has 1 aliphatic carbocycles. The van der Waals surface area contributed by atoms with Gasteiger partial charge in [0.1, 0.15) is 0 Å². The smallest absolute Gasteiger partial charge is 0.274 e. The highest BCUT2D eigenvalue weighted by molar-refractivity contribution is 6.30. The zero-order chi connectivity index (χ0) is 14.6. The summed E-state index contributed by atoms with van der Waals surface area (Å²) in [6.45, 7) is 0.590. The van der Waals surface area contributed by atoms with E-state index in [9.17, 15) is 10.1 Å². The number of nitrogens with two attached hydrogens (primary N) is 1. The van der Waals surface area contributed by atoms with Crippen molar-refractivity contribution in [3.63, 3.8) is 0 Å². The van der Waals surface area contributed by atoms with Gasteiger partial charge in [-0.3, -0.25) is 10.1 Å². The van der Waals surface area contributed by atoms with Gasteiger partial charge in [-0.25, -0.2) is 0 Å². The van der Waals surface area contributed by atoms with Crippen LogP contribution in [-0.4, -0.2) is 11.5 Å². The number of nitro groups is 1. The minimum Gasteiger partial charge on any atom is -0.330 e. The molecule has 0 atom stereocenters. The fourth-order valence-electron chi connectivity index (χ4n) is 3.19. The van der Waals surface area contributed by atoms with E-state index in [0.29, 0.717) is 18.0 Å². The lowest BCUT2D eigenvalue weighted by molar-refractivity contribution is -0.385. The first-order valence-corrected chi connectivity index (χ1v) is 7.57. The molecule has 0 aromatic heterocycles. The highest BCUT2D eigenvalue weighted by atomic mass is 35.5. The Morgan fingerprint density at radius 2 is 1.90 bits per heavy atom. The molecule has 0 spiro atoms. The molecule has 0 bridgehead atoms. The molecule has 5 heteroatoms. The van der Waals surface area contributed by atoms with Gasteiger partial charge in [-0.05, 0) is 37.3 Å². The first-order chi connectivity index (χ1) is 9.56. The lowest BCUT2D eigenvalue weighted by atomic mass is 9.75. The molecule has 110 valence electrons. The van der Waals surface area contributed by atoms with Crippen molar-refractivity contribution >= 4 is 17.3 Å². The van der Waals surface area contributed by atoms with Gasteiger partial charge in [0.05, 0.1) is 4.92 Å². The third-order valence-corrected chi connectivity index (χ3v) is 4.64. The van der Waals surface area contributed by atoms with Gasteiger partial charge in [0.15, 0.2) is 0 Å². The van der Waals surface area contributed by atoms with Crippen LogP contribution in [0.25, 0.3) is 0 Å². The molecule has 1 aromatic carbocycles. The van der Waals surface area contributed by atoms with Gasteiger partial charge < -0.3 is 5.73 Å². The van der Waals surface area contributed by atoms with Crippen LogP contribution in [0.1, 0.15) is 44.1 Å². The Labute approximate surface area is 124 Å². The molecule has 20 heavy (non-hydrogen) atoms. The summed E-state index contributed by atoms with van der Waals surface area (Å²) < 4.78 is 0. The Hall–Kier alpha value is -1.13. The van der Waals surface area contributed by atoms with E-state index in [-0.39, 0.29) is 16.0 Å². The summed E-state index contributed by atoms with van der Waals surface area (Å²) in [5.74, 6) is 0. The Morgan fingerprint density at radius 3 is 2.45 bits per heavy atom. The van der Waals surface area contributed by atoms with Crippen molar-refractivity contribution in [3.05, 3.63) is 38.9 Å². The lowest BCUT2D eigenvalue weighted by Gasteiger charge is -2.31. The van der Waals surface area contributed by atoms with Crippen LogP contribution in [0.4, 0.5) is 5.69 Å². The van der Waals surface area contributed by atoms with E-state index in [1.807, 2.05) is 0 Å². The molecule has 1 fully saturated rings. The van der Waals surface area contributed by atoms with Crippen LogP contribution in [0.3, 0.4) is 0 Å². The Morgan fingerprint density at radius 1 is 1.25 bits per heavy atom.